The molecule has 1 aliphatic carbocycles. The predicted molar refractivity (Wildman–Crippen MR) is 139 cm³/mol. The normalized spacial score (nSPS) is 22.2. The Morgan fingerprint density at radius 1 is 0.974 bits per heavy atom. The number of nitrogens with two attached hydrogens (primary N) is 1. The molecule has 1 saturated heterocycles. The van der Waals surface area contributed by atoms with Gasteiger partial charge in [0.05, 0.1) is 11.2 Å². The highest BCUT2D eigenvalue weighted by Gasteiger charge is 2.36. The van der Waals surface area contributed by atoms with Crippen molar-refractivity contribution in [3.63, 3.8) is 0 Å². The first-order chi connectivity index (χ1) is 18.5. The minimum atomic E-state index is -0.582. The summed E-state index contributed by atoms with van der Waals surface area (Å²) >= 11 is 0. The van der Waals surface area contributed by atoms with Crippen molar-refractivity contribution in [2.45, 2.75) is 49.8 Å². The molecule has 1 aromatic carbocycles. The number of likely N-dealkylation sites (tertiary alicyclic amines) is 1. The second kappa shape index (κ2) is 10.0. The van der Waals surface area contributed by atoms with E-state index in [0.717, 1.165) is 11.1 Å². The number of carbonyl (C=O) groups is 1. The fourth-order valence-electron chi connectivity index (χ4n) is 5.91. The summed E-state index contributed by atoms with van der Waals surface area (Å²) < 4.78 is 22.4. The summed E-state index contributed by atoms with van der Waals surface area (Å²) in [5.41, 5.74) is 9.73. The third-order valence-electron chi connectivity index (χ3n) is 7.83. The number of carbonyl (C=O) groups excluding carboxylic acids is 1. The summed E-state index contributed by atoms with van der Waals surface area (Å²) in [5.74, 6) is -0.552. The summed E-state index contributed by atoms with van der Waals surface area (Å²) in [7, 11) is 0. The Bertz CT molecular complexity index is 1530. The van der Waals surface area contributed by atoms with Gasteiger partial charge in [0.25, 0.3) is 0 Å². The number of nitrogens with zero attached hydrogens (tertiary/aromatic N) is 4. The van der Waals surface area contributed by atoms with E-state index in [1.807, 2.05) is 18.2 Å². The number of benzene rings is 1. The molecule has 0 spiro atoms. The molecule has 196 valence electrons. The quantitative estimate of drug-likeness (QED) is 0.391. The van der Waals surface area contributed by atoms with Crippen molar-refractivity contribution in [2.24, 2.45) is 5.73 Å². The number of rotatable bonds is 3. The van der Waals surface area contributed by atoms with Gasteiger partial charge in [-0.25, -0.2) is 19.0 Å². The largest absolute Gasteiger partial charge is 0.440 e. The van der Waals surface area contributed by atoms with Crippen LogP contribution in [-0.4, -0.2) is 43.6 Å². The standard InChI is InChI=1S/C28H29FN6O3/c29-21-7-2-1-5-18(21)19-9-10-23(25-20(24(19)30)6-3-13-31-25)38-28(37)34-15-11-17(12-16-34)35-22-8-4-14-32-26(22)33-27(35)36/h1-8,13-14,17,19,23-24H,9-12,15-16,30H2,(H,32,33,36)/t19-,23+,24-/m1/s1. The highest BCUT2D eigenvalue weighted by Crippen LogP contribution is 2.43. The van der Waals surface area contributed by atoms with E-state index in [1.165, 1.54) is 6.07 Å². The lowest BCUT2D eigenvalue weighted by Gasteiger charge is -2.33. The molecule has 4 heterocycles. The first kappa shape index (κ1) is 24.3. The fourth-order valence-corrected chi connectivity index (χ4v) is 5.91. The van der Waals surface area contributed by atoms with Crippen molar-refractivity contribution in [2.75, 3.05) is 13.1 Å². The number of H-pyrrole nitrogens is 1. The van der Waals surface area contributed by atoms with E-state index in [4.69, 9.17) is 10.5 Å². The Morgan fingerprint density at radius 2 is 1.71 bits per heavy atom. The zero-order chi connectivity index (χ0) is 26.2. The minimum absolute atomic E-state index is 0.0377. The number of nitrogens with one attached hydrogen (secondary N) is 1. The van der Waals surface area contributed by atoms with Gasteiger partial charge in [-0.3, -0.25) is 14.5 Å². The molecule has 1 amide bonds. The average Bonchev–Trinajstić information content (AvgIpc) is 3.21. The molecule has 0 saturated carbocycles. The number of ether oxygens (including phenoxy) is 1. The van der Waals surface area contributed by atoms with Gasteiger partial charge in [0.15, 0.2) is 5.65 Å². The summed E-state index contributed by atoms with van der Waals surface area (Å²) in [6, 6.07) is 13.5. The monoisotopic (exact) mass is 516 g/mol. The van der Waals surface area contributed by atoms with Crippen LogP contribution in [0.3, 0.4) is 0 Å². The zero-order valence-corrected chi connectivity index (χ0v) is 20.8. The number of aromatic nitrogens is 4. The summed E-state index contributed by atoms with van der Waals surface area (Å²) in [6.45, 7) is 0.921. The molecule has 2 aliphatic rings. The average molecular weight is 517 g/mol. The van der Waals surface area contributed by atoms with E-state index in [-0.39, 0.29) is 23.5 Å². The third kappa shape index (κ3) is 4.34. The number of fused-ring (bicyclic) bond motifs is 2. The van der Waals surface area contributed by atoms with Crippen LogP contribution in [0.15, 0.2) is 65.7 Å². The van der Waals surface area contributed by atoms with Crippen LogP contribution < -0.4 is 11.4 Å². The number of halogens is 1. The van der Waals surface area contributed by atoms with E-state index in [1.54, 1.807) is 46.1 Å². The van der Waals surface area contributed by atoms with Crippen molar-refractivity contribution < 1.29 is 13.9 Å². The second-order valence-corrected chi connectivity index (χ2v) is 9.97. The van der Waals surface area contributed by atoms with E-state index < -0.39 is 18.2 Å². The van der Waals surface area contributed by atoms with Gasteiger partial charge in [0, 0.05) is 43.5 Å². The van der Waals surface area contributed by atoms with Crippen molar-refractivity contribution in [1.29, 1.82) is 0 Å². The molecule has 38 heavy (non-hydrogen) atoms. The summed E-state index contributed by atoms with van der Waals surface area (Å²) in [6.07, 6.45) is 4.58. The molecular weight excluding hydrogens is 487 g/mol. The Kier molecular flexibility index (Phi) is 6.40. The van der Waals surface area contributed by atoms with Crippen molar-refractivity contribution in [1.82, 2.24) is 24.4 Å². The maximum Gasteiger partial charge on any atom is 0.410 e. The van der Waals surface area contributed by atoms with E-state index >= 15 is 0 Å². The lowest BCUT2D eigenvalue weighted by molar-refractivity contribution is 0.0472. The molecule has 1 fully saturated rings. The van der Waals surface area contributed by atoms with Crippen LogP contribution in [-0.2, 0) is 4.74 Å². The third-order valence-corrected chi connectivity index (χ3v) is 7.83. The molecule has 3 N–H and O–H groups in total. The molecule has 0 unspecified atom stereocenters. The molecular formula is C28H29FN6O3. The first-order valence-electron chi connectivity index (χ1n) is 13.0. The summed E-state index contributed by atoms with van der Waals surface area (Å²) in [4.78, 5) is 39.0. The van der Waals surface area contributed by atoms with Crippen LogP contribution in [0.4, 0.5) is 9.18 Å². The summed E-state index contributed by atoms with van der Waals surface area (Å²) in [5, 5.41) is 0. The number of hydrogen-bond acceptors (Lipinski definition) is 6. The number of pyridine rings is 2. The van der Waals surface area contributed by atoms with Crippen molar-refractivity contribution in [3.05, 3.63) is 94.0 Å². The molecule has 0 radical (unpaired) electrons. The SMILES string of the molecule is N[C@H]1c2cccnc2[C@@H](OC(=O)N2CCC(n3c(=O)[nH]c4ncccc43)CC2)CC[C@@H]1c1ccccc1F. The lowest BCUT2D eigenvalue weighted by Crippen LogP contribution is -2.41. The number of imidazole rings is 1. The van der Waals surface area contributed by atoms with E-state index in [0.29, 0.717) is 55.7 Å². The van der Waals surface area contributed by atoms with Crippen molar-refractivity contribution >= 4 is 17.3 Å². The van der Waals surface area contributed by atoms with Gasteiger partial charge in [-0.05, 0) is 61.1 Å². The Morgan fingerprint density at radius 3 is 2.53 bits per heavy atom. The lowest BCUT2D eigenvalue weighted by atomic mass is 9.86. The van der Waals surface area contributed by atoms with Gasteiger partial charge in [-0.1, -0.05) is 24.3 Å². The molecule has 0 bridgehead atoms. The zero-order valence-electron chi connectivity index (χ0n) is 20.8. The highest BCUT2D eigenvalue weighted by atomic mass is 19.1. The van der Waals surface area contributed by atoms with Crippen LogP contribution in [0.2, 0.25) is 0 Å². The van der Waals surface area contributed by atoms with Crippen LogP contribution in [0, 0.1) is 5.82 Å². The predicted octanol–water partition coefficient (Wildman–Crippen LogP) is 4.35. The smallest absolute Gasteiger partial charge is 0.410 e. The Labute approximate surface area is 218 Å². The van der Waals surface area contributed by atoms with Crippen LogP contribution in [0.5, 0.6) is 0 Å². The molecule has 9 nitrogen and oxygen atoms in total. The maximum absolute atomic E-state index is 14.7. The Balaban J connectivity index is 1.17. The van der Waals surface area contributed by atoms with Crippen LogP contribution >= 0.6 is 0 Å². The van der Waals surface area contributed by atoms with Gasteiger partial charge in [-0.2, -0.15) is 0 Å². The highest BCUT2D eigenvalue weighted by molar-refractivity contribution is 5.70. The topological polar surface area (TPSA) is 119 Å². The Hall–Kier alpha value is -4.05. The fraction of sp³-hybridized carbons (Fsp3) is 0.357. The number of amides is 1. The molecule has 1 aliphatic heterocycles. The van der Waals surface area contributed by atoms with E-state index in [2.05, 4.69) is 15.0 Å². The second-order valence-electron chi connectivity index (χ2n) is 9.97. The van der Waals surface area contributed by atoms with Crippen LogP contribution in [0.1, 0.15) is 66.6 Å². The maximum atomic E-state index is 14.7. The van der Waals surface area contributed by atoms with Gasteiger partial charge in [0.1, 0.15) is 11.9 Å². The van der Waals surface area contributed by atoms with Gasteiger partial charge in [-0.15, -0.1) is 0 Å². The molecule has 6 rings (SSSR count). The molecule has 4 aromatic rings. The van der Waals surface area contributed by atoms with Gasteiger partial charge in [0.2, 0.25) is 0 Å². The first-order valence-corrected chi connectivity index (χ1v) is 13.0. The number of piperidine rings is 1. The van der Waals surface area contributed by atoms with Crippen LogP contribution in [0.25, 0.3) is 11.2 Å². The number of aromatic amines is 1. The van der Waals surface area contributed by atoms with Crippen molar-refractivity contribution in [3.8, 4) is 0 Å². The van der Waals surface area contributed by atoms with E-state index in [9.17, 15) is 14.0 Å². The van der Waals surface area contributed by atoms with Gasteiger partial charge < -0.3 is 15.4 Å². The molecule has 3 aromatic heterocycles. The number of hydrogen-bond donors (Lipinski definition) is 2. The minimum Gasteiger partial charge on any atom is -0.440 e. The van der Waals surface area contributed by atoms with Gasteiger partial charge >= 0.3 is 11.8 Å². The molecule has 3 atom stereocenters. The molecule has 10 heteroatoms.